The number of halogens is 2. The Morgan fingerprint density at radius 3 is 1.19 bits per heavy atom. The summed E-state index contributed by atoms with van der Waals surface area (Å²) in [5, 5.41) is -0.685. The molecule has 2 unspecified atom stereocenters. The minimum atomic E-state index is -3.81. The molecule has 4 aromatic rings. The van der Waals surface area contributed by atoms with Gasteiger partial charge in [-0.2, -0.15) is 0 Å². The van der Waals surface area contributed by atoms with Crippen molar-refractivity contribution in [2.45, 2.75) is 24.3 Å². The summed E-state index contributed by atoms with van der Waals surface area (Å²) in [5.74, 6) is 0. The Morgan fingerprint density at radius 2 is 0.865 bits per heavy atom. The summed E-state index contributed by atoms with van der Waals surface area (Å²) in [4.78, 5) is 0. The third-order valence-corrected chi connectivity index (χ3v) is 8.96. The molecular weight excluding hydrogens is 519 g/mol. The van der Waals surface area contributed by atoms with Crippen LogP contribution in [0.25, 0.3) is 12.2 Å². The van der Waals surface area contributed by atoms with E-state index in [1.54, 1.807) is 60.7 Å². The maximum Gasteiger partial charge on any atom is 0.171 e. The number of hydrogen-bond donors (Lipinski definition) is 0. The molecule has 0 aliphatic rings. The van der Waals surface area contributed by atoms with E-state index in [0.29, 0.717) is 21.2 Å². The molecule has 0 amide bonds. The van der Waals surface area contributed by atoms with Crippen LogP contribution in [0.3, 0.4) is 0 Å². The molecule has 0 N–H and O–H groups in total. The molecule has 2 nitrogen and oxygen atoms in total. The van der Waals surface area contributed by atoms with E-state index in [1.807, 2.05) is 74.5 Å². The molecule has 0 fully saturated rings. The first-order valence-corrected chi connectivity index (χ1v) is 14.3. The standard InChI is InChI=1S/C32H28Cl2O2S/c1-23-3-7-25(8-4-23)11-21-31(27-13-17-29(33)18-14-27)37(35,36)32(28-15-19-30(34)20-16-28)22-12-26-9-5-24(2)6-10-26/h3-22,31-32H,1-2H3/b21-11-,22-12-. The fraction of sp³-hybridized carbons (Fsp3) is 0.125. The zero-order valence-corrected chi connectivity index (χ0v) is 23.0. The van der Waals surface area contributed by atoms with Gasteiger partial charge in [0.15, 0.2) is 9.84 Å². The van der Waals surface area contributed by atoms with Gasteiger partial charge in [-0.3, -0.25) is 0 Å². The average molecular weight is 548 g/mol. The number of sulfone groups is 1. The first-order valence-electron chi connectivity index (χ1n) is 12.0. The van der Waals surface area contributed by atoms with Gasteiger partial charge < -0.3 is 0 Å². The number of benzene rings is 4. The highest BCUT2D eigenvalue weighted by atomic mass is 35.5. The van der Waals surface area contributed by atoms with Crippen LogP contribution in [0.2, 0.25) is 10.0 Å². The van der Waals surface area contributed by atoms with Gasteiger partial charge in [0, 0.05) is 10.0 Å². The van der Waals surface area contributed by atoms with Gasteiger partial charge in [0.1, 0.15) is 10.5 Å². The summed E-state index contributed by atoms with van der Waals surface area (Å²) in [7, 11) is -3.81. The number of rotatable bonds is 8. The lowest BCUT2D eigenvalue weighted by atomic mass is 10.1. The third kappa shape index (κ3) is 7.01. The van der Waals surface area contributed by atoms with Gasteiger partial charge in [-0.1, -0.05) is 131 Å². The molecule has 0 aliphatic heterocycles. The van der Waals surface area contributed by atoms with Crippen molar-refractivity contribution in [1.29, 1.82) is 0 Å². The van der Waals surface area contributed by atoms with Crippen molar-refractivity contribution in [2.24, 2.45) is 0 Å². The Balaban J connectivity index is 1.81. The van der Waals surface area contributed by atoms with Crippen LogP contribution in [0.5, 0.6) is 0 Å². The van der Waals surface area contributed by atoms with E-state index in [9.17, 15) is 8.42 Å². The summed E-state index contributed by atoms with van der Waals surface area (Å²) >= 11 is 12.3. The summed E-state index contributed by atoms with van der Waals surface area (Å²) in [5.41, 5.74) is 5.44. The van der Waals surface area contributed by atoms with Gasteiger partial charge in [0.05, 0.1) is 0 Å². The van der Waals surface area contributed by atoms with E-state index in [0.717, 1.165) is 22.3 Å². The predicted octanol–water partition coefficient (Wildman–Crippen LogP) is 9.23. The lowest BCUT2D eigenvalue weighted by Crippen LogP contribution is -2.19. The highest BCUT2D eigenvalue weighted by Crippen LogP contribution is 2.38. The zero-order chi connectivity index (χ0) is 26.4. The van der Waals surface area contributed by atoms with E-state index >= 15 is 0 Å². The zero-order valence-electron chi connectivity index (χ0n) is 20.7. The van der Waals surface area contributed by atoms with E-state index in [4.69, 9.17) is 23.2 Å². The van der Waals surface area contributed by atoms with Crippen LogP contribution in [0.4, 0.5) is 0 Å². The smallest absolute Gasteiger partial charge is 0.171 e. The van der Waals surface area contributed by atoms with Gasteiger partial charge >= 0.3 is 0 Å². The van der Waals surface area contributed by atoms with Crippen LogP contribution in [0, 0.1) is 13.8 Å². The molecule has 0 aromatic heterocycles. The Morgan fingerprint density at radius 1 is 0.541 bits per heavy atom. The van der Waals surface area contributed by atoms with Gasteiger partial charge in [0.25, 0.3) is 0 Å². The van der Waals surface area contributed by atoms with Crippen LogP contribution < -0.4 is 0 Å². The van der Waals surface area contributed by atoms with Crippen molar-refractivity contribution < 1.29 is 8.42 Å². The first kappa shape index (κ1) is 26.9. The second kappa shape index (κ2) is 12.0. The molecule has 5 heteroatoms. The van der Waals surface area contributed by atoms with Crippen molar-refractivity contribution in [2.75, 3.05) is 0 Å². The summed E-state index contributed by atoms with van der Waals surface area (Å²) < 4.78 is 28.8. The largest absolute Gasteiger partial charge is 0.227 e. The second-order valence-electron chi connectivity index (χ2n) is 9.07. The highest BCUT2D eigenvalue weighted by molar-refractivity contribution is 7.92. The van der Waals surface area contributed by atoms with E-state index in [2.05, 4.69) is 0 Å². The summed E-state index contributed by atoms with van der Waals surface area (Å²) in [6.45, 7) is 4.04. The van der Waals surface area contributed by atoms with Crippen LogP contribution in [0.15, 0.2) is 109 Å². The normalized spacial score (nSPS) is 13.7. The fourth-order valence-corrected chi connectivity index (χ4v) is 6.27. The number of aryl methyl sites for hydroxylation is 2. The Bertz CT molecular complexity index is 1370. The molecule has 0 bridgehead atoms. The molecule has 0 aliphatic carbocycles. The molecule has 0 saturated heterocycles. The SMILES string of the molecule is Cc1ccc(/C=C\C(c2ccc(Cl)cc2)S(=O)(=O)C(/C=C\c2ccc(C)cc2)c2ccc(Cl)cc2)cc1. The lowest BCUT2D eigenvalue weighted by molar-refractivity contribution is 0.584. The van der Waals surface area contributed by atoms with Crippen LogP contribution in [-0.2, 0) is 9.84 Å². The molecule has 0 saturated carbocycles. The minimum absolute atomic E-state index is 0.552. The van der Waals surface area contributed by atoms with Crippen molar-refractivity contribution in [1.82, 2.24) is 0 Å². The predicted molar refractivity (Wildman–Crippen MR) is 158 cm³/mol. The third-order valence-electron chi connectivity index (χ3n) is 6.19. The lowest BCUT2D eigenvalue weighted by Gasteiger charge is -2.22. The Labute approximate surface area is 229 Å². The molecule has 4 aromatic carbocycles. The van der Waals surface area contributed by atoms with Gasteiger partial charge in [-0.05, 0) is 60.4 Å². The van der Waals surface area contributed by atoms with Crippen molar-refractivity contribution in [3.63, 3.8) is 0 Å². The van der Waals surface area contributed by atoms with Crippen molar-refractivity contribution in [3.8, 4) is 0 Å². The van der Waals surface area contributed by atoms with Crippen LogP contribution >= 0.6 is 23.2 Å². The highest BCUT2D eigenvalue weighted by Gasteiger charge is 2.33. The van der Waals surface area contributed by atoms with Gasteiger partial charge in [-0.15, -0.1) is 0 Å². The molecule has 188 valence electrons. The Hall–Kier alpha value is -3.11. The quantitative estimate of drug-likeness (QED) is 0.220. The van der Waals surface area contributed by atoms with E-state index in [-0.39, 0.29) is 0 Å². The minimum Gasteiger partial charge on any atom is -0.227 e. The molecule has 0 heterocycles. The first-order chi connectivity index (χ1) is 17.7. The monoisotopic (exact) mass is 546 g/mol. The molecule has 4 rings (SSSR count). The Kier molecular flexibility index (Phi) is 8.71. The molecular formula is C32H28Cl2O2S. The number of hydrogen-bond acceptors (Lipinski definition) is 2. The molecule has 0 spiro atoms. The van der Waals surface area contributed by atoms with Crippen molar-refractivity contribution >= 4 is 45.2 Å². The van der Waals surface area contributed by atoms with Gasteiger partial charge in [-0.25, -0.2) is 8.42 Å². The van der Waals surface area contributed by atoms with Crippen LogP contribution in [0.1, 0.15) is 43.9 Å². The van der Waals surface area contributed by atoms with E-state index in [1.165, 1.54) is 0 Å². The maximum absolute atomic E-state index is 14.4. The van der Waals surface area contributed by atoms with Crippen LogP contribution in [-0.4, -0.2) is 8.42 Å². The topological polar surface area (TPSA) is 34.1 Å². The van der Waals surface area contributed by atoms with Crippen molar-refractivity contribution in [3.05, 3.63) is 153 Å². The molecule has 37 heavy (non-hydrogen) atoms. The summed E-state index contributed by atoms with van der Waals surface area (Å²) in [6, 6.07) is 29.9. The molecule has 0 radical (unpaired) electrons. The summed E-state index contributed by atoms with van der Waals surface area (Å²) in [6.07, 6.45) is 7.23. The average Bonchev–Trinajstić information content (AvgIpc) is 2.88. The molecule has 2 atom stereocenters. The van der Waals surface area contributed by atoms with Gasteiger partial charge in [0.2, 0.25) is 0 Å². The maximum atomic E-state index is 14.4. The van der Waals surface area contributed by atoms with E-state index < -0.39 is 20.3 Å². The second-order valence-corrected chi connectivity index (χ2v) is 12.1. The fourth-order valence-electron chi connectivity index (χ4n) is 4.04.